The zero-order valence-electron chi connectivity index (χ0n) is 26.0. The highest BCUT2D eigenvalue weighted by Gasteiger charge is 2.54. The van der Waals surface area contributed by atoms with Crippen LogP contribution in [0.3, 0.4) is 0 Å². The summed E-state index contributed by atoms with van der Waals surface area (Å²) in [7, 11) is -15.9. The van der Waals surface area contributed by atoms with Crippen LogP contribution < -0.4 is 5.73 Å². The van der Waals surface area contributed by atoms with Crippen molar-refractivity contribution >= 4 is 51.0 Å². The van der Waals surface area contributed by atoms with Gasteiger partial charge >= 0.3 is 23.2 Å². The monoisotopic (exact) mass is 747 g/mol. The van der Waals surface area contributed by atoms with Crippen LogP contribution in [-0.2, 0) is 53.6 Å². The molecule has 0 saturated carbocycles. The normalized spacial score (nSPS) is 25.6. The van der Waals surface area contributed by atoms with E-state index in [0.717, 1.165) is 10.9 Å². The topological polar surface area (TPSA) is 237 Å². The maximum absolute atomic E-state index is 12.9. The lowest BCUT2D eigenvalue weighted by Crippen LogP contribution is -2.31. The van der Waals surface area contributed by atoms with Gasteiger partial charge in [-0.25, -0.2) is 28.4 Å². The quantitative estimate of drug-likeness (QED) is 0.118. The number of phosphoric acid groups is 2. The highest BCUT2D eigenvalue weighted by molar-refractivity contribution is 7.68. The molecule has 4 heterocycles. The van der Waals surface area contributed by atoms with Crippen LogP contribution in [0.4, 0.5) is 5.82 Å². The average molecular weight is 748 g/mol. The Kier molecular flexibility index (Phi) is 9.78. The number of nitrogens with two attached hydrogens (primary N) is 1. The second-order valence-electron chi connectivity index (χ2n) is 11.6. The highest BCUT2D eigenvalue weighted by atomic mass is 31.3. The fraction of sp³-hybridized carbons (Fsp3) is 0.300. The molecule has 0 radical (unpaired) electrons. The minimum Gasteiger partial charge on any atom is -0.382 e. The van der Waals surface area contributed by atoms with E-state index < -0.39 is 66.8 Å². The van der Waals surface area contributed by atoms with E-state index in [2.05, 4.69) is 23.6 Å². The Morgan fingerprint density at radius 3 is 2.38 bits per heavy atom. The molecule has 0 spiro atoms. The van der Waals surface area contributed by atoms with Gasteiger partial charge in [0.25, 0.3) is 0 Å². The minimum absolute atomic E-state index is 0.145. The molecule has 2 saturated heterocycles. The molecule has 50 heavy (non-hydrogen) atoms. The van der Waals surface area contributed by atoms with Crippen molar-refractivity contribution < 1.29 is 55.7 Å². The molecule has 264 valence electrons. The molecular formula is C30H32N5O12P3. The first-order valence-corrected chi connectivity index (χ1v) is 20.1. The van der Waals surface area contributed by atoms with Crippen molar-refractivity contribution in [3.63, 3.8) is 0 Å². The number of nitrogen functional groups attached to an aromatic ring is 1. The van der Waals surface area contributed by atoms with E-state index in [1.165, 1.54) is 12.7 Å². The summed E-state index contributed by atoms with van der Waals surface area (Å²) >= 11 is 0. The molecule has 2 fully saturated rings. The third kappa shape index (κ3) is 7.75. The summed E-state index contributed by atoms with van der Waals surface area (Å²) in [4.78, 5) is 43.6. The summed E-state index contributed by atoms with van der Waals surface area (Å²) in [6.45, 7) is -0.684. The summed E-state index contributed by atoms with van der Waals surface area (Å²) in [5.41, 5.74) is 8.03. The molecule has 7 rings (SSSR count). The fourth-order valence-electron chi connectivity index (χ4n) is 6.05. The minimum atomic E-state index is -5.63. The number of aromatic nitrogens is 4. The van der Waals surface area contributed by atoms with E-state index in [0.29, 0.717) is 35.0 Å². The zero-order chi connectivity index (χ0) is 35.1. The first-order chi connectivity index (χ1) is 23.9. The second-order valence-corrected chi connectivity index (χ2v) is 16.7. The van der Waals surface area contributed by atoms with Gasteiger partial charge in [-0.2, -0.15) is 4.31 Å². The Morgan fingerprint density at radius 1 is 0.820 bits per heavy atom. The Hall–Kier alpha value is -3.40. The van der Waals surface area contributed by atoms with E-state index in [1.807, 2.05) is 30.3 Å². The molecule has 2 aliphatic heterocycles. The van der Waals surface area contributed by atoms with E-state index in [4.69, 9.17) is 24.5 Å². The van der Waals surface area contributed by atoms with Crippen molar-refractivity contribution in [3.05, 3.63) is 96.6 Å². The second kappa shape index (κ2) is 14.0. The van der Waals surface area contributed by atoms with Crippen LogP contribution in [0.5, 0.6) is 0 Å². The van der Waals surface area contributed by atoms with Crippen LogP contribution in [0, 0.1) is 0 Å². The standard InChI is InChI=1S/C30H32N5O12P3/c31-28-25-29(33-17-32-28)35(18-34-25)30-27-26(44-24(45-27)14-13-19-7-2-1-3-8-19)23(43-30)15-42-49(38,39)47-50(40,41)46-48(36,37)16-21-11-6-10-20-9-4-5-12-22(20)21/h1-12,17-18,23-24,26-27,30H,13-16H2,(H,36,37)(H,38,39)(H,40,41)(H2,31,32,33)/t23-,24?,26+,27+,30-/m1/s1. The summed E-state index contributed by atoms with van der Waals surface area (Å²) in [6.07, 6.45) is -1.13. The molecule has 5 N–H and O–H groups in total. The molecule has 0 bridgehead atoms. The number of phosphoric ester groups is 1. The number of hydrogen-bond acceptors (Lipinski definition) is 13. The zero-order valence-corrected chi connectivity index (χ0v) is 28.7. The molecule has 17 nitrogen and oxygen atoms in total. The number of fused-ring (bicyclic) bond motifs is 3. The molecule has 0 amide bonds. The summed E-state index contributed by atoms with van der Waals surface area (Å²) in [5, 5.41) is 1.38. The van der Waals surface area contributed by atoms with Crippen molar-refractivity contribution in [2.75, 3.05) is 12.3 Å². The van der Waals surface area contributed by atoms with Crippen molar-refractivity contribution in [1.29, 1.82) is 0 Å². The van der Waals surface area contributed by atoms with Gasteiger partial charge in [0.1, 0.15) is 30.2 Å². The molecule has 20 heteroatoms. The lowest BCUT2D eigenvalue weighted by Gasteiger charge is -2.22. The van der Waals surface area contributed by atoms with Gasteiger partial charge in [-0.3, -0.25) is 13.7 Å². The van der Waals surface area contributed by atoms with Crippen LogP contribution in [-0.4, -0.2) is 65.4 Å². The number of hydrogen-bond donors (Lipinski definition) is 4. The molecule has 2 aromatic heterocycles. The lowest BCUT2D eigenvalue weighted by atomic mass is 10.1. The van der Waals surface area contributed by atoms with E-state index in [-0.39, 0.29) is 5.82 Å². The van der Waals surface area contributed by atoms with Crippen LogP contribution >= 0.6 is 23.2 Å². The van der Waals surface area contributed by atoms with Crippen molar-refractivity contribution in [1.82, 2.24) is 19.5 Å². The van der Waals surface area contributed by atoms with Gasteiger partial charge in [-0.15, -0.1) is 0 Å². The average Bonchev–Trinajstić information content (AvgIpc) is 3.77. The van der Waals surface area contributed by atoms with Crippen LogP contribution in [0.2, 0.25) is 0 Å². The van der Waals surface area contributed by atoms with Gasteiger partial charge in [-0.05, 0) is 28.3 Å². The first kappa shape index (κ1) is 35.0. The lowest BCUT2D eigenvalue weighted by molar-refractivity contribution is -0.151. The molecule has 0 aliphatic carbocycles. The Morgan fingerprint density at radius 2 is 1.56 bits per heavy atom. The smallest absolute Gasteiger partial charge is 0.382 e. The van der Waals surface area contributed by atoms with Crippen LogP contribution in [0.25, 0.3) is 21.9 Å². The van der Waals surface area contributed by atoms with Gasteiger partial charge in [0.05, 0.1) is 19.1 Å². The third-order valence-corrected chi connectivity index (χ3v) is 12.9. The number of rotatable bonds is 13. The SMILES string of the molecule is Nc1ncnc2c1ncn2[C@@H]1O[C@H](COP(=O)(O)OP(=O)(O)OP(=O)(O)Cc2cccc3ccccc23)[C@@H]2OC(CCc3ccccc3)O[C@@H]21. The largest absolute Gasteiger partial charge is 0.488 e. The van der Waals surface area contributed by atoms with Gasteiger partial charge in [-0.1, -0.05) is 72.8 Å². The molecule has 3 aromatic carbocycles. The van der Waals surface area contributed by atoms with Crippen molar-refractivity contribution in [2.24, 2.45) is 0 Å². The maximum Gasteiger partial charge on any atom is 0.488 e. The predicted octanol–water partition coefficient (Wildman–Crippen LogP) is 4.84. The Labute approximate surface area is 284 Å². The van der Waals surface area contributed by atoms with Gasteiger partial charge < -0.3 is 34.6 Å². The van der Waals surface area contributed by atoms with Gasteiger partial charge in [0.15, 0.2) is 24.0 Å². The number of nitrogens with zero attached hydrogens (tertiary/aromatic N) is 4. The summed E-state index contributed by atoms with van der Waals surface area (Å²) < 4.78 is 72.6. The Balaban J connectivity index is 1.03. The van der Waals surface area contributed by atoms with E-state index in [9.17, 15) is 28.4 Å². The van der Waals surface area contributed by atoms with Gasteiger partial charge in [0.2, 0.25) is 0 Å². The van der Waals surface area contributed by atoms with Crippen molar-refractivity contribution in [2.45, 2.75) is 49.8 Å². The number of anilines is 1. The first-order valence-electron chi connectivity index (χ1n) is 15.3. The number of imidazole rings is 1. The Bertz CT molecular complexity index is 2150. The van der Waals surface area contributed by atoms with Gasteiger partial charge in [0, 0.05) is 6.42 Å². The number of benzene rings is 3. The van der Waals surface area contributed by atoms with Crippen LogP contribution in [0.1, 0.15) is 23.8 Å². The molecule has 8 atom stereocenters. The third-order valence-electron chi connectivity index (χ3n) is 8.17. The molecular weight excluding hydrogens is 715 g/mol. The maximum atomic E-state index is 12.9. The number of ether oxygens (including phenoxy) is 3. The van der Waals surface area contributed by atoms with E-state index >= 15 is 0 Å². The molecule has 2 aliphatic rings. The predicted molar refractivity (Wildman–Crippen MR) is 177 cm³/mol. The molecule has 5 aromatic rings. The van der Waals surface area contributed by atoms with E-state index in [1.54, 1.807) is 47.0 Å². The number of aryl methyl sites for hydroxylation is 1. The summed E-state index contributed by atoms with van der Waals surface area (Å²) in [6, 6.07) is 21.7. The fourth-order valence-corrected chi connectivity index (χ4v) is 10.2. The molecule has 4 unspecified atom stereocenters. The van der Waals surface area contributed by atoms with Crippen molar-refractivity contribution in [3.8, 4) is 0 Å². The summed E-state index contributed by atoms with van der Waals surface area (Å²) in [5.74, 6) is 0.145. The highest BCUT2D eigenvalue weighted by Crippen LogP contribution is 2.68. The van der Waals surface area contributed by atoms with Crippen LogP contribution in [0.15, 0.2) is 85.5 Å².